The fraction of sp³-hybridized carbons (Fsp3) is 0.679. The Balaban J connectivity index is 1.88. The summed E-state index contributed by atoms with van der Waals surface area (Å²) in [4.78, 5) is 10.9. The summed E-state index contributed by atoms with van der Waals surface area (Å²) in [5.41, 5.74) is 1.22. The van der Waals surface area contributed by atoms with Gasteiger partial charge in [-0.05, 0) is 37.1 Å². The Hall–Kier alpha value is -1.77. The lowest BCUT2D eigenvalue weighted by Crippen LogP contribution is -1.97. The first kappa shape index (κ1) is 27.3. The molecule has 0 bridgehead atoms. The number of hydrogen-bond donors (Lipinski definition) is 1. The van der Waals surface area contributed by atoms with Gasteiger partial charge in [-0.15, -0.1) is 0 Å². The molecule has 1 aromatic carbocycles. The molecule has 0 fully saturated rings. The van der Waals surface area contributed by atoms with Gasteiger partial charge in [0.05, 0.1) is 6.61 Å². The topological polar surface area (TPSA) is 46.5 Å². The van der Waals surface area contributed by atoms with Crippen molar-refractivity contribution in [3.05, 3.63) is 35.4 Å². The van der Waals surface area contributed by atoms with Crippen molar-refractivity contribution in [3.63, 3.8) is 0 Å². The molecular formula is C28H46O3. The van der Waals surface area contributed by atoms with E-state index >= 15 is 0 Å². The standard InChI is InChI=1S/C28H46O3/c1-3-4-5-6-7-8-9-10-11-12-13-14-15-16-17-18-23-31-27-21-19-26(20-22-27)24-25(2)28(29)30/h19-22,24H,3-18,23H2,1-2H3,(H,29,30). The maximum absolute atomic E-state index is 10.9. The molecule has 1 aromatic rings. The molecule has 0 aromatic heterocycles. The first-order valence-electron chi connectivity index (χ1n) is 12.8. The van der Waals surface area contributed by atoms with E-state index in [0.29, 0.717) is 5.57 Å². The van der Waals surface area contributed by atoms with E-state index < -0.39 is 5.97 Å². The summed E-state index contributed by atoms with van der Waals surface area (Å²) in [7, 11) is 0. The average molecular weight is 431 g/mol. The first-order valence-corrected chi connectivity index (χ1v) is 12.8. The summed E-state index contributed by atoms with van der Waals surface area (Å²) in [5, 5.41) is 8.92. The molecule has 3 nitrogen and oxygen atoms in total. The van der Waals surface area contributed by atoms with Crippen molar-refractivity contribution >= 4 is 12.0 Å². The van der Waals surface area contributed by atoms with Crippen LogP contribution in [0.15, 0.2) is 29.8 Å². The van der Waals surface area contributed by atoms with Gasteiger partial charge in [0.2, 0.25) is 0 Å². The Morgan fingerprint density at radius 1 is 0.742 bits per heavy atom. The van der Waals surface area contributed by atoms with Crippen molar-refractivity contribution in [2.75, 3.05) is 6.61 Å². The Morgan fingerprint density at radius 2 is 1.16 bits per heavy atom. The van der Waals surface area contributed by atoms with Crippen molar-refractivity contribution in [2.24, 2.45) is 0 Å². The van der Waals surface area contributed by atoms with E-state index in [0.717, 1.165) is 24.3 Å². The highest BCUT2D eigenvalue weighted by Gasteiger charge is 2.00. The smallest absolute Gasteiger partial charge is 0.331 e. The van der Waals surface area contributed by atoms with Crippen molar-refractivity contribution in [1.82, 2.24) is 0 Å². The summed E-state index contributed by atoms with van der Waals surface area (Å²) < 4.78 is 5.80. The predicted octanol–water partition coefficient (Wildman–Crippen LogP) is 8.81. The number of rotatable bonds is 20. The van der Waals surface area contributed by atoms with Crippen LogP contribution in [0.4, 0.5) is 0 Å². The third-order valence-electron chi connectivity index (χ3n) is 5.87. The van der Waals surface area contributed by atoms with Crippen LogP contribution in [-0.2, 0) is 4.79 Å². The summed E-state index contributed by atoms with van der Waals surface area (Å²) >= 11 is 0. The molecule has 0 unspecified atom stereocenters. The van der Waals surface area contributed by atoms with Crippen molar-refractivity contribution in [1.29, 1.82) is 0 Å². The van der Waals surface area contributed by atoms with Crippen LogP contribution in [0.3, 0.4) is 0 Å². The van der Waals surface area contributed by atoms with E-state index in [1.165, 1.54) is 96.3 Å². The summed E-state index contributed by atoms with van der Waals surface area (Å²) in [6, 6.07) is 7.62. The quantitative estimate of drug-likeness (QED) is 0.166. The average Bonchev–Trinajstić information content (AvgIpc) is 2.77. The fourth-order valence-electron chi connectivity index (χ4n) is 3.81. The molecule has 0 spiro atoms. The Bertz CT molecular complexity index is 589. The van der Waals surface area contributed by atoms with Crippen LogP contribution >= 0.6 is 0 Å². The molecule has 0 saturated carbocycles. The Kier molecular flexibility index (Phi) is 16.7. The molecule has 0 heterocycles. The van der Waals surface area contributed by atoms with Gasteiger partial charge in [0.25, 0.3) is 0 Å². The highest BCUT2D eigenvalue weighted by molar-refractivity contribution is 5.91. The van der Waals surface area contributed by atoms with Gasteiger partial charge in [-0.2, -0.15) is 0 Å². The van der Waals surface area contributed by atoms with Gasteiger partial charge in [0.15, 0.2) is 0 Å². The first-order chi connectivity index (χ1) is 15.1. The predicted molar refractivity (Wildman–Crippen MR) is 133 cm³/mol. The van der Waals surface area contributed by atoms with Gasteiger partial charge in [-0.25, -0.2) is 4.79 Å². The minimum absolute atomic E-state index is 0.335. The Labute approximate surface area is 191 Å². The van der Waals surface area contributed by atoms with Gasteiger partial charge in [0, 0.05) is 5.57 Å². The van der Waals surface area contributed by atoms with Gasteiger partial charge < -0.3 is 9.84 Å². The van der Waals surface area contributed by atoms with Crippen LogP contribution in [0.2, 0.25) is 0 Å². The van der Waals surface area contributed by atoms with E-state index in [9.17, 15) is 4.79 Å². The largest absolute Gasteiger partial charge is 0.494 e. The summed E-state index contributed by atoms with van der Waals surface area (Å²) in [6.45, 7) is 4.63. The highest BCUT2D eigenvalue weighted by Crippen LogP contribution is 2.16. The van der Waals surface area contributed by atoms with Crippen molar-refractivity contribution in [3.8, 4) is 5.75 Å². The molecule has 176 valence electrons. The van der Waals surface area contributed by atoms with Crippen LogP contribution in [0.25, 0.3) is 6.08 Å². The van der Waals surface area contributed by atoms with Gasteiger partial charge >= 0.3 is 5.97 Å². The number of benzene rings is 1. The van der Waals surface area contributed by atoms with Gasteiger partial charge in [0.1, 0.15) is 5.75 Å². The van der Waals surface area contributed by atoms with Crippen molar-refractivity contribution in [2.45, 2.75) is 117 Å². The zero-order valence-corrected chi connectivity index (χ0v) is 20.2. The second-order valence-corrected chi connectivity index (χ2v) is 8.85. The molecular weight excluding hydrogens is 384 g/mol. The molecule has 0 radical (unpaired) electrons. The van der Waals surface area contributed by atoms with E-state index in [1.807, 2.05) is 24.3 Å². The van der Waals surface area contributed by atoms with Crippen LogP contribution in [-0.4, -0.2) is 17.7 Å². The lowest BCUT2D eigenvalue weighted by Gasteiger charge is -2.07. The van der Waals surface area contributed by atoms with Crippen LogP contribution in [0, 0.1) is 0 Å². The maximum Gasteiger partial charge on any atom is 0.331 e. The molecule has 0 amide bonds. The molecule has 0 aliphatic rings. The van der Waals surface area contributed by atoms with Gasteiger partial charge in [-0.1, -0.05) is 115 Å². The molecule has 3 heteroatoms. The summed E-state index contributed by atoms with van der Waals surface area (Å²) in [5.74, 6) is -0.0325. The minimum Gasteiger partial charge on any atom is -0.494 e. The molecule has 1 rings (SSSR count). The van der Waals surface area contributed by atoms with Crippen LogP contribution in [0.1, 0.15) is 122 Å². The number of carboxylic acid groups (broad SMARTS) is 1. The molecule has 0 saturated heterocycles. The zero-order chi connectivity index (χ0) is 22.6. The third kappa shape index (κ3) is 15.6. The third-order valence-corrected chi connectivity index (χ3v) is 5.87. The van der Waals surface area contributed by atoms with Crippen LogP contribution < -0.4 is 4.74 Å². The molecule has 1 N–H and O–H groups in total. The minimum atomic E-state index is -0.885. The number of carboxylic acids is 1. The number of ether oxygens (including phenoxy) is 1. The van der Waals surface area contributed by atoms with E-state index in [1.54, 1.807) is 13.0 Å². The molecule has 0 aliphatic carbocycles. The number of aliphatic carboxylic acids is 1. The maximum atomic E-state index is 10.9. The second-order valence-electron chi connectivity index (χ2n) is 8.85. The Morgan fingerprint density at radius 3 is 1.58 bits per heavy atom. The normalized spacial score (nSPS) is 11.6. The molecule has 0 atom stereocenters. The van der Waals surface area contributed by atoms with E-state index in [4.69, 9.17) is 9.84 Å². The second kappa shape index (κ2) is 19.0. The van der Waals surface area contributed by atoms with Crippen molar-refractivity contribution < 1.29 is 14.6 Å². The lowest BCUT2D eigenvalue weighted by molar-refractivity contribution is -0.132. The molecule has 0 aliphatic heterocycles. The fourth-order valence-corrected chi connectivity index (χ4v) is 3.81. The number of hydrogen-bond acceptors (Lipinski definition) is 2. The van der Waals surface area contributed by atoms with Crippen LogP contribution in [0.5, 0.6) is 5.75 Å². The lowest BCUT2D eigenvalue weighted by atomic mass is 10.0. The SMILES string of the molecule is CCCCCCCCCCCCCCCCCCOc1ccc(C=C(C)C(=O)O)cc1. The van der Waals surface area contributed by atoms with E-state index in [2.05, 4.69) is 6.92 Å². The number of unbranched alkanes of at least 4 members (excludes halogenated alkanes) is 15. The summed E-state index contributed by atoms with van der Waals surface area (Å²) in [6.07, 6.45) is 23.7. The monoisotopic (exact) mass is 430 g/mol. The highest BCUT2D eigenvalue weighted by atomic mass is 16.5. The zero-order valence-electron chi connectivity index (χ0n) is 20.2. The number of carbonyl (C=O) groups is 1. The molecule has 31 heavy (non-hydrogen) atoms. The van der Waals surface area contributed by atoms with E-state index in [-0.39, 0.29) is 0 Å². The van der Waals surface area contributed by atoms with Gasteiger partial charge in [-0.3, -0.25) is 0 Å².